The second kappa shape index (κ2) is 4.92. The molecule has 20 heavy (non-hydrogen) atoms. The van der Waals surface area contributed by atoms with Gasteiger partial charge in [0.1, 0.15) is 17.8 Å². The van der Waals surface area contributed by atoms with Gasteiger partial charge >= 0.3 is 0 Å². The minimum atomic E-state index is 0.552. The van der Waals surface area contributed by atoms with Crippen LogP contribution in [0.3, 0.4) is 0 Å². The number of anilines is 1. The molecule has 0 fully saturated rings. The molecular weight excluding hydrogens is 250 g/mol. The predicted octanol–water partition coefficient (Wildman–Crippen LogP) is 2.27. The third-order valence-corrected chi connectivity index (χ3v) is 3.78. The lowest BCUT2D eigenvalue weighted by Crippen LogP contribution is -2.05. The van der Waals surface area contributed by atoms with Crippen LogP contribution in [0.15, 0.2) is 30.9 Å². The Balaban J connectivity index is 2.00. The Bertz CT molecular complexity index is 746. The summed E-state index contributed by atoms with van der Waals surface area (Å²) >= 11 is 0. The molecule has 0 bridgehead atoms. The number of fused-ring (bicyclic) bond motifs is 1. The van der Waals surface area contributed by atoms with Crippen molar-refractivity contribution in [1.29, 1.82) is 0 Å². The number of nitrogens with zero attached hydrogens (tertiary/aromatic N) is 4. The van der Waals surface area contributed by atoms with Crippen LogP contribution >= 0.6 is 0 Å². The molecule has 0 aliphatic carbocycles. The molecule has 0 saturated heterocycles. The molecule has 0 unspecified atom stereocenters. The number of rotatable bonds is 3. The Hall–Kier alpha value is -2.43. The van der Waals surface area contributed by atoms with Gasteiger partial charge in [0.05, 0.1) is 5.39 Å². The largest absolute Gasteiger partial charge is 0.383 e. The first-order valence-corrected chi connectivity index (χ1v) is 6.63. The van der Waals surface area contributed by atoms with Crippen molar-refractivity contribution < 1.29 is 0 Å². The Labute approximate surface area is 117 Å². The summed E-state index contributed by atoms with van der Waals surface area (Å²) in [6.45, 7) is 5.02. The first kappa shape index (κ1) is 12.6. The highest BCUT2D eigenvalue weighted by Gasteiger charge is 2.14. The fourth-order valence-electron chi connectivity index (χ4n) is 2.56. The van der Waals surface area contributed by atoms with E-state index in [9.17, 15) is 0 Å². The van der Waals surface area contributed by atoms with E-state index in [1.807, 2.05) is 12.3 Å². The summed E-state index contributed by atoms with van der Waals surface area (Å²) < 4.78 is 2.20. The molecule has 0 aliphatic heterocycles. The molecule has 3 rings (SSSR count). The van der Waals surface area contributed by atoms with E-state index in [1.165, 1.54) is 17.6 Å². The van der Waals surface area contributed by atoms with Gasteiger partial charge in [-0.1, -0.05) is 6.07 Å². The van der Waals surface area contributed by atoms with Gasteiger partial charge in [-0.05, 0) is 37.5 Å². The zero-order chi connectivity index (χ0) is 14.1. The minimum absolute atomic E-state index is 0.552. The number of hydrogen-bond donors (Lipinski definition) is 1. The van der Waals surface area contributed by atoms with E-state index < -0.39 is 0 Å². The molecule has 0 aliphatic rings. The molecule has 0 spiro atoms. The van der Waals surface area contributed by atoms with Crippen molar-refractivity contribution in [3.63, 3.8) is 0 Å². The normalized spacial score (nSPS) is 11.1. The van der Waals surface area contributed by atoms with E-state index >= 15 is 0 Å². The molecule has 3 heterocycles. The lowest BCUT2D eigenvalue weighted by molar-refractivity contribution is 0.693. The van der Waals surface area contributed by atoms with Crippen molar-refractivity contribution in [2.45, 2.75) is 26.8 Å². The van der Waals surface area contributed by atoms with Crippen molar-refractivity contribution in [2.75, 3.05) is 5.73 Å². The first-order chi connectivity index (χ1) is 9.68. The maximum absolute atomic E-state index is 5.97. The third kappa shape index (κ3) is 2.01. The zero-order valence-electron chi connectivity index (χ0n) is 11.7. The Morgan fingerprint density at radius 3 is 2.85 bits per heavy atom. The van der Waals surface area contributed by atoms with Gasteiger partial charge < -0.3 is 10.3 Å². The zero-order valence-corrected chi connectivity index (χ0v) is 11.7. The summed E-state index contributed by atoms with van der Waals surface area (Å²) in [6, 6.07) is 4.05. The SMILES string of the molecule is Cc1c(C)n(CCc2cccnc2)c2ncnc(N)c12. The number of pyridine rings is 1. The van der Waals surface area contributed by atoms with Crippen molar-refractivity contribution in [3.8, 4) is 0 Å². The topological polar surface area (TPSA) is 69.6 Å². The molecule has 5 nitrogen and oxygen atoms in total. The number of aryl methyl sites for hydroxylation is 3. The van der Waals surface area contributed by atoms with E-state index in [-0.39, 0.29) is 0 Å². The maximum atomic E-state index is 5.97. The fraction of sp³-hybridized carbons (Fsp3) is 0.267. The highest BCUT2D eigenvalue weighted by atomic mass is 15.1. The van der Waals surface area contributed by atoms with Crippen LogP contribution in [0.1, 0.15) is 16.8 Å². The van der Waals surface area contributed by atoms with Crippen LogP contribution in [-0.2, 0) is 13.0 Å². The number of nitrogens with two attached hydrogens (primary N) is 1. The Kier molecular flexibility index (Phi) is 3.10. The van der Waals surface area contributed by atoms with Crippen LogP contribution in [0.25, 0.3) is 11.0 Å². The minimum Gasteiger partial charge on any atom is -0.383 e. The second-order valence-corrected chi connectivity index (χ2v) is 4.93. The summed E-state index contributed by atoms with van der Waals surface area (Å²) in [5.74, 6) is 0.552. The summed E-state index contributed by atoms with van der Waals surface area (Å²) in [6.07, 6.45) is 6.13. The van der Waals surface area contributed by atoms with Gasteiger partial charge in [-0.25, -0.2) is 9.97 Å². The van der Waals surface area contributed by atoms with Crippen LogP contribution in [0.4, 0.5) is 5.82 Å². The number of hydrogen-bond acceptors (Lipinski definition) is 4. The van der Waals surface area contributed by atoms with E-state index in [2.05, 4.69) is 39.4 Å². The quantitative estimate of drug-likeness (QED) is 0.790. The standard InChI is InChI=1S/C15H17N5/c1-10-11(2)20(7-5-12-4-3-6-17-8-12)15-13(10)14(16)18-9-19-15/h3-4,6,8-9H,5,7H2,1-2H3,(H2,16,18,19). The summed E-state index contributed by atoms with van der Waals surface area (Å²) in [5, 5.41) is 0.969. The number of nitrogen functional groups attached to an aromatic ring is 1. The molecule has 0 radical (unpaired) electrons. The molecule has 3 aromatic rings. The summed E-state index contributed by atoms with van der Waals surface area (Å²) in [4.78, 5) is 12.6. The van der Waals surface area contributed by atoms with Crippen LogP contribution in [0.2, 0.25) is 0 Å². The van der Waals surface area contributed by atoms with E-state index in [4.69, 9.17) is 5.73 Å². The van der Waals surface area contributed by atoms with Gasteiger partial charge in [0.2, 0.25) is 0 Å². The summed E-state index contributed by atoms with van der Waals surface area (Å²) in [5.41, 5.74) is 10.4. The van der Waals surface area contributed by atoms with Crippen LogP contribution in [-0.4, -0.2) is 19.5 Å². The monoisotopic (exact) mass is 267 g/mol. The maximum Gasteiger partial charge on any atom is 0.145 e. The Morgan fingerprint density at radius 2 is 2.10 bits per heavy atom. The molecule has 0 amide bonds. The number of aromatic nitrogens is 4. The molecular formula is C15H17N5. The highest BCUT2D eigenvalue weighted by molar-refractivity contribution is 5.90. The van der Waals surface area contributed by atoms with Gasteiger partial charge in [0, 0.05) is 24.6 Å². The van der Waals surface area contributed by atoms with Crippen LogP contribution in [0.5, 0.6) is 0 Å². The van der Waals surface area contributed by atoms with Crippen molar-refractivity contribution >= 4 is 16.9 Å². The molecule has 2 N–H and O–H groups in total. The molecule has 0 saturated carbocycles. The lowest BCUT2D eigenvalue weighted by Gasteiger charge is -2.07. The van der Waals surface area contributed by atoms with E-state index in [0.717, 1.165) is 29.6 Å². The molecule has 3 aromatic heterocycles. The molecule has 0 atom stereocenters. The third-order valence-electron chi connectivity index (χ3n) is 3.78. The van der Waals surface area contributed by atoms with Gasteiger partial charge in [0.15, 0.2) is 0 Å². The highest BCUT2D eigenvalue weighted by Crippen LogP contribution is 2.27. The smallest absolute Gasteiger partial charge is 0.145 e. The van der Waals surface area contributed by atoms with Crippen molar-refractivity contribution in [2.24, 2.45) is 0 Å². The van der Waals surface area contributed by atoms with Crippen molar-refractivity contribution in [3.05, 3.63) is 47.7 Å². The van der Waals surface area contributed by atoms with Gasteiger partial charge in [-0.3, -0.25) is 4.98 Å². The average Bonchev–Trinajstić information content (AvgIpc) is 2.71. The van der Waals surface area contributed by atoms with Crippen LogP contribution < -0.4 is 5.73 Å². The second-order valence-electron chi connectivity index (χ2n) is 4.93. The van der Waals surface area contributed by atoms with Crippen LogP contribution in [0, 0.1) is 13.8 Å². The molecule has 0 aromatic carbocycles. The average molecular weight is 267 g/mol. The summed E-state index contributed by atoms with van der Waals surface area (Å²) in [7, 11) is 0. The Morgan fingerprint density at radius 1 is 1.25 bits per heavy atom. The van der Waals surface area contributed by atoms with Gasteiger partial charge in [-0.15, -0.1) is 0 Å². The van der Waals surface area contributed by atoms with Crippen molar-refractivity contribution in [1.82, 2.24) is 19.5 Å². The van der Waals surface area contributed by atoms with Gasteiger partial charge in [-0.2, -0.15) is 0 Å². The molecule has 5 heteroatoms. The van der Waals surface area contributed by atoms with Gasteiger partial charge in [0.25, 0.3) is 0 Å². The fourth-order valence-corrected chi connectivity index (χ4v) is 2.56. The first-order valence-electron chi connectivity index (χ1n) is 6.63. The lowest BCUT2D eigenvalue weighted by atomic mass is 10.2. The van der Waals surface area contributed by atoms with E-state index in [1.54, 1.807) is 6.20 Å². The van der Waals surface area contributed by atoms with E-state index in [0.29, 0.717) is 5.82 Å². The predicted molar refractivity (Wildman–Crippen MR) is 79.4 cm³/mol. The molecule has 102 valence electrons.